The number of β-amino-alcohol motifs (C(OH)–C–C–N with tert-alkyl or cyclic N) is 1. The number of ether oxygens (including phenoxy) is 1. The van der Waals surface area contributed by atoms with Crippen LogP contribution in [-0.4, -0.2) is 51.6 Å². The molecule has 1 fully saturated rings. The number of benzene rings is 1. The Hall–Kier alpha value is -0.650. The Bertz CT molecular complexity index is 512. The van der Waals surface area contributed by atoms with E-state index >= 15 is 0 Å². The fourth-order valence-electron chi connectivity index (χ4n) is 3.92. The molecular weight excluding hydrogens is 326 g/mol. The van der Waals surface area contributed by atoms with Gasteiger partial charge in [0.15, 0.2) is 0 Å². The predicted molar refractivity (Wildman–Crippen MR) is 97.2 cm³/mol. The second-order valence-electron chi connectivity index (χ2n) is 8.09. The highest BCUT2D eigenvalue weighted by atomic mass is 35.5. The average Bonchev–Trinajstić information content (AvgIpc) is 2.44. The summed E-state index contributed by atoms with van der Waals surface area (Å²) in [4.78, 5) is 2.29. The summed E-state index contributed by atoms with van der Waals surface area (Å²) in [6.07, 6.45) is 0.583. The molecule has 0 saturated carbocycles. The van der Waals surface area contributed by atoms with Crippen molar-refractivity contribution >= 4 is 11.6 Å². The van der Waals surface area contributed by atoms with Crippen molar-refractivity contribution in [1.82, 2.24) is 4.90 Å². The summed E-state index contributed by atoms with van der Waals surface area (Å²) in [6.45, 7) is 9.77. The molecule has 24 heavy (non-hydrogen) atoms. The number of hydrogen-bond donors (Lipinski definition) is 2. The number of rotatable bonds is 6. The monoisotopic (exact) mass is 355 g/mol. The van der Waals surface area contributed by atoms with Gasteiger partial charge in [-0.05, 0) is 58.2 Å². The smallest absolute Gasteiger partial charge is 0.0900 e. The Labute approximate surface area is 150 Å². The summed E-state index contributed by atoms with van der Waals surface area (Å²) in [5.74, 6) is 0. The lowest BCUT2D eigenvalue weighted by Crippen LogP contribution is -2.63. The van der Waals surface area contributed by atoms with Crippen molar-refractivity contribution in [3.63, 3.8) is 0 Å². The maximum Gasteiger partial charge on any atom is 0.0900 e. The van der Waals surface area contributed by atoms with Crippen molar-refractivity contribution in [2.45, 2.75) is 70.4 Å². The number of halogens is 1. The minimum absolute atomic E-state index is 0.154. The van der Waals surface area contributed by atoms with Crippen LogP contribution in [-0.2, 0) is 11.3 Å². The molecule has 1 unspecified atom stereocenters. The first-order valence-corrected chi connectivity index (χ1v) is 8.94. The molecule has 1 aliphatic rings. The van der Waals surface area contributed by atoms with Gasteiger partial charge in [0.05, 0.1) is 25.4 Å². The maximum absolute atomic E-state index is 10.4. The maximum atomic E-state index is 10.4. The van der Waals surface area contributed by atoms with Crippen LogP contribution in [0.2, 0.25) is 5.02 Å². The molecule has 2 rings (SSSR count). The summed E-state index contributed by atoms with van der Waals surface area (Å²) in [5, 5.41) is 21.2. The van der Waals surface area contributed by atoms with Crippen molar-refractivity contribution in [2.75, 3.05) is 13.2 Å². The van der Waals surface area contributed by atoms with Gasteiger partial charge in [0.25, 0.3) is 0 Å². The van der Waals surface area contributed by atoms with Crippen molar-refractivity contribution in [1.29, 1.82) is 0 Å². The molecule has 1 saturated heterocycles. The van der Waals surface area contributed by atoms with Gasteiger partial charge < -0.3 is 14.9 Å². The van der Waals surface area contributed by atoms with Gasteiger partial charge in [-0.3, -0.25) is 4.90 Å². The summed E-state index contributed by atoms with van der Waals surface area (Å²) in [7, 11) is 0. The van der Waals surface area contributed by atoms with Gasteiger partial charge in [-0.2, -0.15) is 0 Å². The largest absolute Gasteiger partial charge is 0.393 e. The highest BCUT2D eigenvalue weighted by molar-refractivity contribution is 6.30. The van der Waals surface area contributed by atoms with Crippen molar-refractivity contribution < 1.29 is 14.9 Å². The molecule has 0 aliphatic carbocycles. The molecule has 1 aromatic rings. The summed E-state index contributed by atoms with van der Waals surface area (Å²) in [5.41, 5.74) is 0.727. The van der Waals surface area contributed by atoms with Gasteiger partial charge in [-0.25, -0.2) is 0 Å². The van der Waals surface area contributed by atoms with E-state index in [4.69, 9.17) is 16.3 Å². The summed E-state index contributed by atoms with van der Waals surface area (Å²) in [6, 6.07) is 7.52. The third-order valence-corrected chi connectivity index (χ3v) is 5.07. The lowest BCUT2D eigenvalue weighted by Gasteiger charge is -2.55. The van der Waals surface area contributed by atoms with Crippen LogP contribution in [0.5, 0.6) is 0 Å². The van der Waals surface area contributed by atoms with E-state index in [0.717, 1.165) is 18.4 Å². The standard InChI is InChI=1S/C19H30ClNO3/c1-18(2)9-16(22)10-19(3,4)21(18)11-17(23)13-24-12-14-5-7-15(20)8-6-14/h5-8,16-17,22-23H,9-13H2,1-4H3. The van der Waals surface area contributed by atoms with E-state index in [9.17, 15) is 10.2 Å². The highest BCUT2D eigenvalue weighted by Crippen LogP contribution is 2.38. The second kappa shape index (κ2) is 7.71. The van der Waals surface area contributed by atoms with E-state index in [0.29, 0.717) is 18.2 Å². The first-order valence-electron chi connectivity index (χ1n) is 8.56. The normalized spacial score (nSPS) is 22.5. The quantitative estimate of drug-likeness (QED) is 0.822. The molecule has 0 aromatic heterocycles. The Morgan fingerprint density at radius 2 is 1.71 bits per heavy atom. The first-order chi connectivity index (χ1) is 11.1. The summed E-state index contributed by atoms with van der Waals surface area (Å²) >= 11 is 5.86. The third kappa shape index (κ3) is 5.17. The Kier molecular flexibility index (Phi) is 6.32. The minimum Gasteiger partial charge on any atom is -0.393 e. The first kappa shape index (κ1) is 19.7. The van der Waals surface area contributed by atoms with Gasteiger partial charge >= 0.3 is 0 Å². The highest BCUT2D eigenvalue weighted by Gasteiger charge is 2.45. The number of aliphatic hydroxyl groups excluding tert-OH is 2. The minimum atomic E-state index is -0.564. The fourth-order valence-corrected chi connectivity index (χ4v) is 4.04. The topological polar surface area (TPSA) is 52.9 Å². The number of nitrogens with zero attached hydrogens (tertiary/aromatic N) is 1. The third-order valence-electron chi connectivity index (χ3n) is 4.82. The number of hydrogen-bond acceptors (Lipinski definition) is 4. The average molecular weight is 356 g/mol. The molecule has 1 aliphatic heterocycles. The van der Waals surface area contributed by atoms with E-state index in [1.54, 1.807) is 0 Å². The molecule has 0 bridgehead atoms. The van der Waals surface area contributed by atoms with Crippen LogP contribution < -0.4 is 0 Å². The fraction of sp³-hybridized carbons (Fsp3) is 0.684. The van der Waals surface area contributed by atoms with Crippen molar-refractivity contribution in [3.8, 4) is 0 Å². The Morgan fingerprint density at radius 1 is 1.17 bits per heavy atom. The van der Waals surface area contributed by atoms with Gasteiger partial charge in [-0.15, -0.1) is 0 Å². The van der Waals surface area contributed by atoms with Crippen LogP contribution in [0.1, 0.15) is 46.1 Å². The van der Waals surface area contributed by atoms with Gasteiger partial charge in [0, 0.05) is 22.6 Å². The Morgan fingerprint density at radius 3 is 2.25 bits per heavy atom. The summed E-state index contributed by atoms with van der Waals surface area (Å²) < 4.78 is 5.65. The lowest BCUT2D eigenvalue weighted by molar-refractivity contribution is -0.105. The van der Waals surface area contributed by atoms with E-state index in [1.807, 2.05) is 24.3 Å². The van der Waals surface area contributed by atoms with Gasteiger partial charge in [-0.1, -0.05) is 23.7 Å². The Balaban J connectivity index is 1.86. The molecule has 5 heteroatoms. The molecule has 136 valence electrons. The van der Waals surface area contributed by atoms with Crippen LogP contribution >= 0.6 is 11.6 Å². The van der Waals surface area contributed by atoms with Crippen LogP contribution in [0.25, 0.3) is 0 Å². The molecule has 0 amide bonds. The zero-order valence-corrected chi connectivity index (χ0v) is 15.9. The van der Waals surface area contributed by atoms with Gasteiger partial charge in [0.2, 0.25) is 0 Å². The molecular formula is C19H30ClNO3. The van der Waals surface area contributed by atoms with Crippen molar-refractivity contribution in [2.24, 2.45) is 0 Å². The molecule has 4 nitrogen and oxygen atoms in total. The molecule has 0 spiro atoms. The predicted octanol–water partition coefficient (Wildman–Crippen LogP) is 3.23. The zero-order valence-electron chi connectivity index (χ0n) is 15.1. The number of likely N-dealkylation sites (tertiary alicyclic amines) is 1. The van der Waals surface area contributed by atoms with Crippen LogP contribution in [0.3, 0.4) is 0 Å². The molecule has 1 aromatic carbocycles. The SMILES string of the molecule is CC1(C)CC(O)CC(C)(C)N1CC(O)COCc1ccc(Cl)cc1. The van der Waals surface area contributed by atoms with E-state index in [2.05, 4.69) is 32.6 Å². The van der Waals surface area contributed by atoms with E-state index in [-0.39, 0.29) is 23.8 Å². The van der Waals surface area contributed by atoms with Gasteiger partial charge in [0.1, 0.15) is 0 Å². The molecule has 0 radical (unpaired) electrons. The molecule has 1 heterocycles. The van der Waals surface area contributed by atoms with E-state index in [1.165, 1.54) is 0 Å². The van der Waals surface area contributed by atoms with Crippen LogP contribution in [0, 0.1) is 0 Å². The van der Waals surface area contributed by atoms with Crippen LogP contribution in [0.4, 0.5) is 0 Å². The number of piperidine rings is 1. The van der Waals surface area contributed by atoms with Crippen molar-refractivity contribution in [3.05, 3.63) is 34.9 Å². The second-order valence-corrected chi connectivity index (χ2v) is 8.53. The molecule has 1 atom stereocenters. The number of aliphatic hydroxyl groups is 2. The zero-order chi connectivity index (χ0) is 18.0. The molecule has 2 N–H and O–H groups in total. The van der Waals surface area contributed by atoms with E-state index < -0.39 is 6.10 Å². The van der Waals surface area contributed by atoms with Crippen LogP contribution in [0.15, 0.2) is 24.3 Å². The lowest BCUT2D eigenvalue weighted by atomic mass is 9.78.